The van der Waals surface area contributed by atoms with Crippen LogP contribution in [-0.4, -0.2) is 33.3 Å². The van der Waals surface area contributed by atoms with Crippen LogP contribution in [0.5, 0.6) is 11.5 Å². The summed E-state index contributed by atoms with van der Waals surface area (Å²) in [4.78, 5) is 0. The predicted molar refractivity (Wildman–Crippen MR) is 62.5 cm³/mol. The molecular weight excluding hydrogens is 234 g/mol. The van der Waals surface area contributed by atoms with Gasteiger partial charge in [0.1, 0.15) is 19.3 Å². The molecule has 1 aromatic carbocycles. The molecule has 1 atom stereocenters. The van der Waals surface area contributed by atoms with Crippen molar-refractivity contribution < 1.29 is 14.6 Å². The summed E-state index contributed by atoms with van der Waals surface area (Å²) in [5.74, 6) is 1.37. The zero-order valence-corrected chi connectivity index (χ0v) is 9.91. The van der Waals surface area contributed by atoms with Crippen molar-refractivity contribution in [3.8, 4) is 11.5 Å². The molecule has 1 aliphatic rings. The van der Waals surface area contributed by atoms with Gasteiger partial charge in [0, 0.05) is 7.05 Å². The Labute approximate surface area is 104 Å². The molecule has 1 aliphatic heterocycles. The molecule has 0 saturated carbocycles. The van der Waals surface area contributed by atoms with E-state index in [0.29, 0.717) is 30.4 Å². The molecule has 1 unspecified atom stereocenters. The second-order valence-corrected chi connectivity index (χ2v) is 4.09. The van der Waals surface area contributed by atoms with Crippen LogP contribution >= 0.6 is 0 Å². The Morgan fingerprint density at radius 2 is 2.06 bits per heavy atom. The van der Waals surface area contributed by atoms with E-state index in [-0.39, 0.29) is 0 Å². The van der Waals surface area contributed by atoms with Gasteiger partial charge >= 0.3 is 0 Å². The highest BCUT2D eigenvalue weighted by Crippen LogP contribution is 2.33. The number of benzene rings is 1. The molecule has 1 N–H and O–H groups in total. The van der Waals surface area contributed by atoms with Crippen molar-refractivity contribution in [1.82, 2.24) is 15.0 Å². The minimum Gasteiger partial charge on any atom is -0.486 e. The number of aryl methyl sites for hydroxylation is 1. The van der Waals surface area contributed by atoms with E-state index in [1.165, 1.54) is 0 Å². The maximum Gasteiger partial charge on any atom is 0.161 e. The van der Waals surface area contributed by atoms with Crippen molar-refractivity contribution in [2.24, 2.45) is 7.05 Å². The molecule has 0 aliphatic carbocycles. The Hall–Kier alpha value is -2.08. The van der Waals surface area contributed by atoms with Crippen LogP contribution in [0.25, 0.3) is 0 Å². The van der Waals surface area contributed by atoms with Gasteiger partial charge in [-0.3, -0.25) is 0 Å². The minimum absolute atomic E-state index is 0.528. The van der Waals surface area contributed by atoms with E-state index in [1.54, 1.807) is 30.1 Å². The summed E-state index contributed by atoms with van der Waals surface area (Å²) in [6, 6.07) is 5.40. The van der Waals surface area contributed by atoms with Gasteiger partial charge in [0.25, 0.3) is 0 Å². The predicted octanol–water partition coefficient (Wildman–Crippen LogP) is 0.668. The summed E-state index contributed by atoms with van der Waals surface area (Å²) < 4.78 is 12.5. The first kappa shape index (κ1) is 11.0. The Morgan fingerprint density at radius 3 is 2.78 bits per heavy atom. The third kappa shape index (κ3) is 1.80. The summed E-state index contributed by atoms with van der Waals surface area (Å²) in [5, 5.41) is 17.8. The fraction of sp³-hybridized carbons (Fsp3) is 0.333. The Balaban J connectivity index is 1.95. The average molecular weight is 247 g/mol. The van der Waals surface area contributed by atoms with E-state index in [4.69, 9.17) is 9.47 Å². The molecule has 0 spiro atoms. The van der Waals surface area contributed by atoms with E-state index in [9.17, 15) is 5.11 Å². The van der Waals surface area contributed by atoms with Gasteiger partial charge in [-0.15, -0.1) is 5.10 Å². The molecule has 2 heterocycles. The molecule has 3 rings (SSSR count). The van der Waals surface area contributed by atoms with Crippen LogP contribution < -0.4 is 9.47 Å². The van der Waals surface area contributed by atoms with Crippen molar-refractivity contribution >= 4 is 0 Å². The van der Waals surface area contributed by atoms with Gasteiger partial charge in [0.05, 0.1) is 11.9 Å². The van der Waals surface area contributed by atoms with Crippen molar-refractivity contribution in [3.05, 3.63) is 35.7 Å². The van der Waals surface area contributed by atoms with Gasteiger partial charge in [-0.2, -0.15) is 0 Å². The standard InChI is InChI=1S/C12H13N3O3/c1-15-9(7-13-14-15)12(16)8-2-3-10-11(6-8)18-5-4-17-10/h2-3,6-7,12,16H,4-5H2,1H3. The highest BCUT2D eigenvalue weighted by Gasteiger charge is 2.18. The smallest absolute Gasteiger partial charge is 0.161 e. The van der Waals surface area contributed by atoms with Crippen LogP contribution in [0.4, 0.5) is 0 Å². The van der Waals surface area contributed by atoms with E-state index >= 15 is 0 Å². The number of hydrogen-bond acceptors (Lipinski definition) is 5. The second-order valence-electron chi connectivity index (χ2n) is 4.09. The highest BCUT2D eigenvalue weighted by atomic mass is 16.6. The third-order valence-corrected chi connectivity index (χ3v) is 2.91. The molecule has 0 radical (unpaired) electrons. The fourth-order valence-corrected chi connectivity index (χ4v) is 1.95. The summed E-state index contributed by atoms with van der Waals surface area (Å²) in [5.41, 5.74) is 1.36. The number of hydrogen-bond donors (Lipinski definition) is 1. The topological polar surface area (TPSA) is 69.4 Å². The lowest BCUT2D eigenvalue weighted by Crippen LogP contribution is -2.16. The average Bonchev–Trinajstić information content (AvgIpc) is 2.83. The highest BCUT2D eigenvalue weighted by molar-refractivity contribution is 5.45. The number of nitrogens with zero attached hydrogens (tertiary/aromatic N) is 3. The van der Waals surface area contributed by atoms with Crippen molar-refractivity contribution in [2.45, 2.75) is 6.10 Å². The Kier molecular flexibility index (Phi) is 2.64. The lowest BCUT2D eigenvalue weighted by Gasteiger charge is -2.20. The lowest BCUT2D eigenvalue weighted by molar-refractivity contribution is 0.169. The third-order valence-electron chi connectivity index (χ3n) is 2.91. The quantitative estimate of drug-likeness (QED) is 0.844. The van der Waals surface area contributed by atoms with Crippen molar-refractivity contribution in [2.75, 3.05) is 13.2 Å². The first-order valence-electron chi connectivity index (χ1n) is 5.68. The molecule has 2 aromatic rings. The van der Waals surface area contributed by atoms with Gasteiger partial charge < -0.3 is 14.6 Å². The van der Waals surface area contributed by atoms with E-state index in [2.05, 4.69) is 10.3 Å². The summed E-state index contributed by atoms with van der Waals surface area (Å²) in [6.07, 6.45) is 0.766. The Bertz CT molecular complexity index is 567. The van der Waals surface area contributed by atoms with Gasteiger partial charge in [0.2, 0.25) is 0 Å². The molecule has 0 bridgehead atoms. The maximum atomic E-state index is 10.3. The number of aliphatic hydroxyl groups excluding tert-OH is 1. The van der Waals surface area contributed by atoms with Crippen LogP contribution in [0.15, 0.2) is 24.4 Å². The normalized spacial score (nSPS) is 15.4. The van der Waals surface area contributed by atoms with Crippen LogP contribution in [-0.2, 0) is 7.05 Å². The molecule has 18 heavy (non-hydrogen) atoms. The number of aliphatic hydroxyl groups is 1. The van der Waals surface area contributed by atoms with Gasteiger partial charge in [0.15, 0.2) is 11.5 Å². The van der Waals surface area contributed by atoms with E-state index < -0.39 is 6.10 Å². The number of rotatable bonds is 2. The summed E-state index contributed by atoms with van der Waals surface area (Å²) in [6.45, 7) is 1.08. The minimum atomic E-state index is -0.777. The molecule has 0 saturated heterocycles. The SMILES string of the molecule is Cn1nncc1C(O)c1ccc2c(c1)OCCO2. The van der Waals surface area contributed by atoms with Crippen molar-refractivity contribution in [3.63, 3.8) is 0 Å². The van der Waals surface area contributed by atoms with Gasteiger partial charge in [-0.1, -0.05) is 11.3 Å². The molecule has 94 valence electrons. The summed E-state index contributed by atoms with van der Waals surface area (Å²) >= 11 is 0. The van der Waals surface area contributed by atoms with Crippen molar-refractivity contribution in [1.29, 1.82) is 0 Å². The van der Waals surface area contributed by atoms with Crippen LogP contribution in [0.3, 0.4) is 0 Å². The summed E-state index contributed by atoms with van der Waals surface area (Å²) in [7, 11) is 1.74. The molecule has 6 heteroatoms. The molecule has 0 amide bonds. The van der Waals surface area contributed by atoms with Crippen LogP contribution in [0.1, 0.15) is 17.4 Å². The first-order chi connectivity index (χ1) is 8.75. The zero-order valence-electron chi connectivity index (χ0n) is 9.91. The lowest BCUT2D eigenvalue weighted by atomic mass is 10.1. The number of fused-ring (bicyclic) bond motifs is 1. The fourth-order valence-electron chi connectivity index (χ4n) is 1.95. The van der Waals surface area contributed by atoms with E-state index in [1.807, 2.05) is 6.07 Å². The molecule has 6 nitrogen and oxygen atoms in total. The zero-order chi connectivity index (χ0) is 12.5. The molecular formula is C12H13N3O3. The largest absolute Gasteiger partial charge is 0.486 e. The molecule has 1 aromatic heterocycles. The van der Waals surface area contributed by atoms with Crippen LogP contribution in [0.2, 0.25) is 0 Å². The number of aromatic nitrogens is 3. The van der Waals surface area contributed by atoms with Gasteiger partial charge in [-0.05, 0) is 17.7 Å². The number of ether oxygens (including phenoxy) is 2. The molecule has 0 fully saturated rings. The maximum absolute atomic E-state index is 10.3. The Morgan fingerprint density at radius 1 is 1.28 bits per heavy atom. The van der Waals surface area contributed by atoms with E-state index in [0.717, 1.165) is 5.56 Å². The monoisotopic (exact) mass is 247 g/mol. The van der Waals surface area contributed by atoms with Gasteiger partial charge in [-0.25, -0.2) is 4.68 Å². The first-order valence-corrected chi connectivity index (χ1v) is 5.68. The second kappa shape index (κ2) is 4.30. The van der Waals surface area contributed by atoms with Crippen LogP contribution in [0, 0.1) is 0 Å².